The molecule has 4 rings (SSSR count). The molecule has 0 saturated carbocycles. The number of hydrogen-bond acceptors (Lipinski definition) is 5. The molecule has 6 nitrogen and oxygen atoms in total. The van der Waals surface area contributed by atoms with Gasteiger partial charge in [-0.25, -0.2) is 14.5 Å². The summed E-state index contributed by atoms with van der Waals surface area (Å²) in [6, 6.07) is 22.3. The normalized spacial score (nSPS) is 18.2. The molecule has 176 valence electrons. The lowest BCUT2D eigenvalue weighted by Crippen LogP contribution is -2.46. The summed E-state index contributed by atoms with van der Waals surface area (Å²) in [6.07, 6.45) is -0.204. The molecule has 1 heterocycles. The molecule has 3 aromatic carbocycles. The predicted octanol–water partition coefficient (Wildman–Crippen LogP) is 5.28. The first-order chi connectivity index (χ1) is 16.2. The van der Waals surface area contributed by atoms with E-state index in [0.717, 1.165) is 26.8 Å². The number of esters is 1. The van der Waals surface area contributed by atoms with Crippen molar-refractivity contribution in [2.45, 2.75) is 51.9 Å². The number of carbonyl (C=O) groups is 3. The van der Waals surface area contributed by atoms with Crippen molar-refractivity contribution in [3.63, 3.8) is 0 Å². The second-order valence-electron chi connectivity index (χ2n) is 9.62. The van der Waals surface area contributed by atoms with E-state index in [0.29, 0.717) is 6.42 Å². The van der Waals surface area contributed by atoms with Gasteiger partial charge in [0.1, 0.15) is 18.2 Å². The number of ether oxygens (including phenoxy) is 2. The Morgan fingerprint density at radius 2 is 1.59 bits per heavy atom. The smallest absolute Gasteiger partial charge is 0.417 e. The van der Waals surface area contributed by atoms with E-state index < -0.39 is 35.5 Å². The summed E-state index contributed by atoms with van der Waals surface area (Å²) >= 11 is 0. The van der Waals surface area contributed by atoms with E-state index in [1.165, 1.54) is 0 Å². The standard InChI is InChI=1S/C28H29NO5/c1-28(2,3)34-27(32)29-24(26(31)33-18-19-9-5-4-6-10-19)17-23(25(29)30)16-20-13-14-21-11-7-8-12-22(21)15-20/h4-15,23-24H,16-18H2,1-3H3/t23-,24+/m0/s1. The van der Waals surface area contributed by atoms with Crippen molar-refractivity contribution in [3.8, 4) is 0 Å². The summed E-state index contributed by atoms with van der Waals surface area (Å²) in [5.74, 6) is -1.55. The van der Waals surface area contributed by atoms with E-state index >= 15 is 0 Å². The molecule has 2 amide bonds. The van der Waals surface area contributed by atoms with Crippen LogP contribution in [-0.2, 0) is 32.1 Å². The Labute approximate surface area is 199 Å². The van der Waals surface area contributed by atoms with Crippen LogP contribution in [0, 0.1) is 5.92 Å². The van der Waals surface area contributed by atoms with Crippen LogP contribution in [0.25, 0.3) is 10.8 Å². The number of fused-ring (bicyclic) bond motifs is 1. The minimum atomic E-state index is -1.02. The van der Waals surface area contributed by atoms with Crippen LogP contribution in [0.15, 0.2) is 72.8 Å². The van der Waals surface area contributed by atoms with E-state index in [4.69, 9.17) is 9.47 Å². The number of likely N-dealkylation sites (tertiary alicyclic amines) is 1. The molecule has 0 spiro atoms. The lowest BCUT2D eigenvalue weighted by atomic mass is 9.94. The summed E-state index contributed by atoms with van der Waals surface area (Å²) < 4.78 is 10.9. The monoisotopic (exact) mass is 459 g/mol. The predicted molar refractivity (Wildman–Crippen MR) is 129 cm³/mol. The highest BCUT2D eigenvalue weighted by Crippen LogP contribution is 2.31. The minimum Gasteiger partial charge on any atom is -0.459 e. The second-order valence-corrected chi connectivity index (χ2v) is 9.62. The summed E-state index contributed by atoms with van der Waals surface area (Å²) in [7, 11) is 0. The molecule has 1 aliphatic heterocycles. The number of carbonyl (C=O) groups excluding carboxylic acids is 3. The highest BCUT2D eigenvalue weighted by atomic mass is 16.6. The summed E-state index contributed by atoms with van der Waals surface area (Å²) in [5.41, 5.74) is 1.00. The van der Waals surface area contributed by atoms with Gasteiger partial charge in [0, 0.05) is 5.92 Å². The van der Waals surface area contributed by atoms with Crippen LogP contribution in [0.1, 0.15) is 38.3 Å². The van der Waals surface area contributed by atoms with Crippen molar-refractivity contribution >= 4 is 28.7 Å². The molecule has 3 aromatic rings. The molecule has 0 unspecified atom stereocenters. The Morgan fingerprint density at radius 1 is 0.912 bits per heavy atom. The highest BCUT2D eigenvalue weighted by Gasteiger charge is 2.48. The van der Waals surface area contributed by atoms with Crippen molar-refractivity contribution in [3.05, 3.63) is 83.9 Å². The van der Waals surface area contributed by atoms with Crippen LogP contribution in [0.2, 0.25) is 0 Å². The van der Waals surface area contributed by atoms with Gasteiger partial charge in [-0.05, 0) is 55.5 Å². The maximum Gasteiger partial charge on any atom is 0.417 e. The fourth-order valence-electron chi connectivity index (χ4n) is 4.20. The molecule has 0 aromatic heterocycles. The molecule has 2 atom stereocenters. The lowest BCUT2D eigenvalue weighted by molar-refractivity contribution is -0.152. The highest BCUT2D eigenvalue weighted by molar-refractivity contribution is 6.01. The van der Waals surface area contributed by atoms with Crippen molar-refractivity contribution in [2.75, 3.05) is 0 Å². The van der Waals surface area contributed by atoms with Gasteiger partial charge in [-0.2, -0.15) is 0 Å². The first kappa shape index (κ1) is 23.5. The van der Waals surface area contributed by atoms with Crippen molar-refractivity contribution in [1.82, 2.24) is 4.90 Å². The van der Waals surface area contributed by atoms with Gasteiger partial charge in [-0.1, -0.05) is 72.8 Å². The Hall–Kier alpha value is -3.67. The van der Waals surface area contributed by atoms with Gasteiger partial charge in [0.15, 0.2) is 0 Å². The minimum absolute atomic E-state index is 0.0713. The van der Waals surface area contributed by atoms with Gasteiger partial charge in [-0.3, -0.25) is 4.79 Å². The van der Waals surface area contributed by atoms with Crippen molar-refractivity contribution in [2.24, 2.45) is 5.92 Å². The number of rotatable bonds is 5. The van der Waals surface area contributed by atoms with Gasteiger partial charge in [0.2, 0.25) is 5.91 Å². The lowest BCUT2D eigenvalue weighted by Gasteiger charge is -2.26. The third kappa shape index (κ3) is 5.45. The number of hydrogen-bond donors (Lipinski definition) is 0. The first-order valence-electron chi connectivity index (χ1n) is 11.5. The molecule has 0 N–H and O–H groups in total. The van der Waals surface area contributed by atoms with E-state index in [2.05, 4.69) is 0 Å². The van der Waals surface area contributed by atoms with E-state index in [1.54, 1.807) is 20.8 Å². The van der Waals surface area contributed by atoms with E-state index in [9.17, 15) is 14.4 Å². The largest absolute Gasteiger partial charge is 0.459 e. The van der Waals surface area contributed by atoms with Gasteiger partial charge in [-0.15, -0.1) is 0 Å². The zero-order valence-corrected chi connectivity index (χ0v) is 19.7. The third-order valence-electron chi connectivity index (χ3n) is 5.79. The third-order valence-corrected chi connectivity index (χ3v) is 5.79. The fourth-order valence-corrected chi connectivity index (χ4v) is 4.20. The summed E-state index contributed by atoms with van der Waals surface area (Å²) in [6.45, 7) is 5.24. The summed E-state index contributed by atoms with van der Waals surface area (Å²) in [4.78, 5) is 40.2. The zero-order chi connectivity index (χ0) is 24.3. The van der Waals surface area contributed by atoms with Crippen LogP contribution in [-0.4, -0.2) is 34.5 Å². The SMILES string of the molecule is CC(C)(C)OC(=O)N1C(=O)[C@@H](Cc2ccc3ccccc3c2)C[C@@H]1C(=O)OCc1ccccc1. The van der Waals surface area contributed by atoms with Crippen molar-refractivity contribution in [1.29, 1.82) is 0 Å². The Kier molecular flexibility index (Phi) is 6.68. The molecule has 0 bridgehead atoms. The number of benzene rings is 3. The van der Waals surface area contributed by atoms with Crippen LogP contribution in [0.3, 0.4) is 0 Å². The van der Waals surface area contributed by atoms with Crippen LogP contribution >= 0.6 is 0 Å². The quantitative estimate of drug-likeness (QED) is 0.486. The van der Waals surface area contributed by atoms with Gasteiger partial charge in [0.25, 0.3) is 0 Å². The molecule has 1 aliphatic rings. The van der Waals surface area contributed by atoms with Gasteiger partial charge < -0.3 is 9.47 Å². The van der Waals surface area contributed by atoms with E-state index in [-0.39, 0.29) is 13.0 Å². The second kappa shape index (κ2) is 9.67. The Balaban J connectivity index is 1.54. The topological polar surface area (TPSA) is 72.9 Å². The molecule has 6 heteroatoms. The Morgan fingerprint density at radius 3 is 2.29 bits per heavy atom. The van der Waals surface area contributed by atoms with Crippen LogP contribution < -0.4 is 0 Å². The number of amides is 2. The molecular formula is C28H29NO5. The number of imide groups is 1. The Bertz CT molecular complexity index is 1200. The average Bonchev–Trinajstić information content (AvgIpc) is 3.13. The molecule has 1 saturated heterocycles. The molecular weight excluding hydrogens is 430 g/mol. The van der Waals surface area contributed by atoms with Crippen molar-refractivity contribution < 1.29 is 23.9 Å². The van der Waals surface area contributed by atoms with Gasteiger partial charge >= 0.3 is 12.1 Å². The number of nitrogens with zero attached hydrogens (tertiary/aromatic N) is 1. The molecule has 0 radical (unpaired) electrons. The van der Waals surface area contributed by atoms with E-state index in [1.807, 2.05) is 72.8 Å². The van der Waals surface area contributed by atoms with Crippen LogP contribution in [0.4, 0.5) is 4.79 Å². The molecule has 34 heavy (non-hydrogen) atoms. The maximum absolute atomic E-state index is 13.3. The molecule has 0 aliphatic carbocycles. The van der Waals surface area contributed by atoms with Gasteiger partial charge in [0.05, 0.1) is 0 Å². The first-order valence-corrected chi connectivity index (χ1v) is 11.5. The average molecular weight is 460 g/mol. The molecule has 1 fully saturated rings. The van der Waals surface area contributed by atoms with Crippen LogP contribution in [0.5, 0.6) is 0 Å². The summed E-state index contributed by atoms with van der Waals surface area (Å²) in [5, 5.41) is 2.19. The fraction of sp³-hybridized carbons (Fsp3) is 0.321. The zero-order valence-electron chi connectivity index (χ0n) is 19.7. The maximum atomic E-state index is 13.3.